The van der Waals surface area contributed by atoms with E-state index in [1.807, 2.05) is 0 Å². The molecule has 1 aliphatic carbocycles. The summed E-state index contributed by atoms with van der Waals surface area (Å²) in [5, 5.41) is -0.643. The maximum Gasteiger partial charge on any atom is 0.157 e. The van der Waals surface area contributed by atoms with E-state index in [9.17, 15) is 8.42 Å². The van der Waals surface area contributed by atoms with Gasteiger partial charge in [-0.05, 0) is 44.2 Å². The van der Waals surface area contributed by atoms with Crippen LogP contribution < -0.4 is 5.73 Å². The fourth-order valence-electron chi connectivity index (χ4n) is 2.19. The number of nitrogens with zero attached hydrogens (tertiary/aromatic N) is 2. The Hall–Kier alpha value is -1.01. The number of aromatic nitrogens is 2. The lowest BCUT2D eigenvalue weighted by Gasteiger charge is -2.23. The second-order valence-corrected chi connectivity index (χ2v) is 7.38. The maximum atomic E-state index is 11.5. The minimum atomic E-state index is -3.14. The van der Waals surface area contributed by atoms with Gasteiger partial charge in [-0.25, -0.2) is 18.4 Å². The van der Waals surface area contributed by atoms with E-state index in [-0.39, 0.29) is 0 Å². The second kappa shape index (κ2) is 4.93. The van der Waals surface area contributed by atoms with Crippen LogP contribution in [0.5, 0.6) is 0 Å². The van der Waals surface area contributed by atoms with Crippen molar-refractivity contribution in [3.05, 3.63) is 23.3 Å². The SMILES string of the molecule is CC(c1ncc2c(n1)CCC(CN)C2)S(C)(=O)=O. The van der Waals surface area contributed by atoms with E-state index < -0.39 is 15.1 Å². The lowest BCUT2D eigenvalue weighted by Crippen LogP contribution is -2.24. The molecule has 0 amide bonds. The van der Waals surface area contributed by atoms with Gasteiger partial charge in [0.1, 0.15) is 11.1 Å². The molecule has 6 heteroatoms. The van der Waals surface area contributed by atoms with Gasteiger partial charge in [0, 0.05) is 18.1 Å². The van der Waals surface area contributed by atoms with Crippen LogP contribution in [0.25, 0.3) is 0 Å². The average Bonchev–Trinajstić information content (AvgIpc) is 2.35. The molecule has 1 aromatic heterocycles. The summed E-state index contributed by atoms with van der Waals surface area (Å²) in [4.78, 5) is 8.61. The highest BCUT2D eigenvalue weighted by Crippen LogP contribution is 2.25. The van der Waals surface area contributed by atoms with Gasteiger partial charge in [-0.1, -0.05) is 0 Å². The molecule has 0 aliphatic heterocycles. The largest absolute Gasteiger partial charge is 0.330 e. The highest BCUT2D eigenvalue weighted by molar-refractivity contribution is 7.90. The zero-order valence-electron chi connectivity index (χ0n) is 10.8. The molecule has 0 saturated carbocycles. The van der Waals surface area contributed by atoms with Crippen molar-refractivity contribution in [2.45, 2.75) is 31.4 Å². The minimum absolute atomic E-state index is 0.405. The fourth-order valence-corrected chi connectivity index (χ4v) is 2.68. The predicted molar refractivity (Wildman–Crippen MR) is 69.9 cm³/mol. The van der Waals surface area contributed by atoms with Gasteiger partial charge in [0.15, 0.2) is 9.84 Å². The Balaban J connectivity index is 2.29. The summed E-state index contributed by atoms with van der Waals surface area (Å²) >= 11 is 0. The third-order valence-electron chi connectivity index (χ3n) is 3.61. The molecule has 100 valence electrons. The lowest BCUT2D eigenvalue weighted by molar-refractivity contribution is 0.460. The molecule has 0 saturated heterocycles. The van der Waals surface area contributed by atoms with Gasteiger partial charge in [-0.2, -0.15) is 0 Å². The van der Waals surface area contributed by atoms with Gasteiger partial charge < -0.3 is 5.73 Å². The third kappa shape index (κ3) is 2.70. The van der Waals surface area contributed by atoms with Crippen molar-refractivity contribution in [3.8, 4) is 0 Å². The summed E-state index contributed by atoms with van der Waals surface area (Å²) in [7, 11) is -3.14. The standard InChI is InChI=1S/C12H19N3O2S/c1-8(18(2,16)17)12-14-7-10-5-9(6-13)3-4-11(10)15-12/h7-9H,3-6,13H2,1-2H3. The van der Waals surface area contributed by atoms with Gasteiger partial charge in [-0.3, -0.25) is 0 Å². The maximum absolute atomic E-state index is 11.5. The molecule has 2 rings (SSSR count). The van der Waals surface area contributed by atoms with E-state index >= 15 is 0 Å². The van der Waals surface area contributed by atoms with Crippen molar-refractivity contribution < 1.29 is 8.42 Å². The fraction of sp³-hybridized carbons (Fsp3) is 0.667. The van der Waals surface area contributed by atoms with Crippen LogP contribution in [0.1, 0.15) is 35.7 Å². The van der Waals surface area contributed by atoms with Crippen molar-refractivity contribution in [2.75, 3.05) is 12.8 Å². The molecule has 1 aromatic rings. The van der Waals surface area contributed by atoms with E-state index in [1.165, 1.54) is 6.26 Å². The Kier molecular flexibility index (Phi) is 3.68. The smallest absolute Gasteiger partial charge is 0.157 e. The molecule has 0 fully saturated rings. The first kappa shape index (κ1) is 13.4. The summed E-state index contributed by atoms with van der Waals surface area (Å²) in [6, 6.07) is 0. The Morgan fingerprint density at radius 3 is 2.89 bits per heavy atom. The van der Waals surface area contributed by atoms with Crippen molar-refractivity contribution >= 4 is 9.84 Å². The first-order chi connectivity index (χ1) is 8.41. The van der Waals surface area contributed by atoms with E-state index in [1.54, 1.807) is 13.1 Å². The van der Waals surface area contributed by atoms with Crippen LogP contribution in [-0.2, 0) is 22.7 Å². The zero-order valence-corrected chi connectivity index (χ0v) is 11.6. The number of hydrogen-bond donors (Lipinski definition) is 1. The third-order valence-corrected chi connectivity index (χ3v) is 5.11. The van der Waals surface area contributed by atoms with Crippen molar-refractivity contribution in [3.63, 3.8) is 0 Å². The molecule has 2 N–H and O–H groups in total. The summed E-state index contributed by atoms with van der Waals surface area (Å²) in [5.74, 6) is 0.904. The normalized spacial score (nSPS) is 21.4. The number of aryl methyl sites for hydroxylation is 1. The van der Waals surface area contributed by atoms with Gasteiger partial charge in [-0.15, -0.1) is 0 Å². The average molecular weight is 269 g/mol. The molecule has 2 unspecified atom stereocenters. The quantitative estimate of drug-likeness (QED) is 0.870. The van der Waals surface area contributed by atoms with E-state index in [4.69, 9.17) is 5.73 Å². The first-order valence-corrected chi connectivity index (χ1v) is 8.11. The van der Waals surface area contributed by atoms with Crippen molar-refractivity contribution in [2.24, 2.45) is 11.7 Å². The summed E-state index contributed by atoms with van der Waals surface area (Å²) < 4.78 is 23.0. The second-order valence-electron chi connectivity index (χ2n) is 5.02. The van der Waals surface area contributed by atoms with Gasteiger partial charge in [0.25, 0.3) is 0 Å². The number of nitrogens with two attached hydrogens (primary N) is 1. The van der Waals surface area contributed by atoms with Crippen LogP contribution >= 0.6 is 0 Å². The topological polar surface area (TPSA) is 85.9 Å². The Morgan fingerprint density at radius 1 is 1.56 bits per heavy atom. The zero-order chi connectivity index (χ0) is 13.3. The van der Waals surface area contributed by atoms with E-state index in [2.05, 4.69) is 9.97 Å². The molecule has 0 radical (unpaired) electrons. The van der Waals surface area contributed by atoms with Crippen LogP contribution in [0, 0.1) is 5.92 Å². The molecule has 1 heterocycles. The monoisotopic (exact) mass is 269 g/mol. The first-order valence-electron chi connectivity index (χ1n) is 6.15. The van der Waals surface area contributed by atoms with Crippen LogP contribution in [0.3, 0.4) is 0 Å². The number of fused-ring (bicyclic) bond motifs is 1. The molecular weight excluding hydrogens is 250 g/mol. The molecule has 1 aliphatic rings. The van der Waals surface area contributed by atoms with Crippen molar-refractivity contribution in [1.82, 2.24) is 9.97 Å². The number of sulfone groups is 1. The minimum Gasteiger partial charge on any atom is -0.330 e. The highest BCUT2D eigenvalue weighted by Gasteiger charge is 2.24. The Bertz CT molecular complexity index is 542. The Morgan fingerprint density at radius 2 is 2.28 bits per heavy atom. The molecule has 5 nitrogen and oxygen atoms in total. The van der Waals surface area contributed by atoms with Crippen LogP contribution in [-0.4, -0.2) is 31.2 Å². The predicted octanol–water partition coefficient (Wildman–Crippen LogP) is 0.646. The number of rotatable bonds is 3. The van der Waals surface area contributed by atoms with Gasteiger partial charge in [0.05, 0.1) is 0 Å². The summed E-state index contributed by atoms with van der Waals surface area (Å²) in [6.45, 7) is 2.31. The van der Waals surface area contributed by atoms with Crippen LogP contribution in [0.2, 0.25) is 0 Å². The molecular formula is C12H19N3O2S. The van der Waals surface area contributed by atoms with Gasteiger partial charge >= 0.3 is 0 Å². The summed E-state index contributed by atoms with van der Waals surface area (Å²) in [5.41, 5.74) is 7.77. The Labute approximate surface area is 108 Å². The molecule has 0 aromatic carbocycles. The van der Waals surface area contributed by atoms with Gasteiger partial charge in [0.2, 0.25) is 0 Å². The summed E-state index contributed by atoms with van der Waals surface area (Å²) in [6.07, 6.45) is 5.77. The lowest BCUT2D eigenvalue weighted by atomic mass is 9.87. The molecule has 18 heavy (non-hydrogen) atoms. The molecule has 2 atom stereocenters. The number of hydrogen-bond acceptors (Lipinski definition) is 5. The highest BCUT2D eigenvalue weighted by atomic mass is 32.2. The van der Waals surface area contributed by atoms with E-state index in [0.717, 1.165) is 30.5 Å². The molecule has 0 spiro atoms. The van der Waals surface area contributed by atoms with Crippen LogP contribution in [0.4, 0.5) is 0 Å². The van der Waals surface area contributed by atoms with E-state index in [0.29, 0.717) is 18.3 Å². The van der Waals surface area contributed by atoms with Crippen LogP contribution in [0.15, 0.2) is 6.20 Å². The van der Waals surface area contributed by atoms with Crippen molar-refractivity contribution in [1.29, 1.82) is 0 Å². The molecule has 0 bridgehead atoms.